The fraction of sp³-hybridized carbons (Fsp3) is 0.389. The molecule has 2 rings (SSSR count). The molecule has 0 radical (unpaired) electrons. The van der Waals surface area contributed by atoms with Crippen molar-refractivity contribution in [3.8, 4) is 5.75 Å². The number of benzene rings is 1. The summed E-state index contributed by atoms with van der Waals surface area (Å²) in [5, 5.41) is 15.3. The average molecular weight is 346 g/mol. The molecule has 0 spiro atoms. The van der Waals surface area contributed by atoms with E-state index in [4.69, 9.17) is 14.4 Å². The standard InChI is InChI=1S/C18H22N2O5/c1-11(2)17-16(12(3)20-25-17)18(23)19-13-6-8-14(9-7-13)24-10-4-5-15(21)22/h6-9,11H,4-5,10H2,1-3H3,(H,19,23)(H,21,22). The lowest BCUT2D eigenvalue weighted by atomic mass is 10.0. The molecular weight excluding hydrogens is 324 g/mol. The molecule has 134 valence electrons. The fourth-order valence-electron chi connectivity index (χ4n) is 2.30. The third-order valence-corrected chi connectivity index (χ3v) is 3.56. The van der Waals surface area contributed by atoms with Crippen molar-refractivity contribution in [1.29, 1.82) is 0 Å². The Morgan fingerprint density at radius 1 is 1.28 bits per heavy atom. The molecule has 2 aromatic rings. The third kappa shape index (κ3) is 5.07. The fourth-order valence-corrected chi connectivity index (χ4v) is 2.30. The Balaban J connectivity index is 1.96. The monoisotopic (exact) mass is 346 g/mol. The lowest BCUT2D eigenvalue weighted by Gasteiger charge is -2.09. The Hall–Kier alpha value is -2.83. The highest BCUT2D eigenvalue weighted by Gasteiger charge is 2.22. The smallest absolute Gasteiger partial charge is 0.303 e. The second-order valence-corrected chi connectivity index (χ2v) is 5.99. The number of carbonyl (C=O) groups is 2. The summed E-state index contributed by atoms with van der Waals surface area (Å²) in [5.41, 5.74) is 1.64. The molecule has 0 aliphatic heterocycles. The van der Waals surface area contributed by atoms with Crippen molar-refractivity contribution in [3.05, 3.63) is 41.3 Å². The molecule has 0 aliphatic carbocycles. The van der Waals surface area contributed by atoms with Crippen LogP contribution in [-0.4, -0.2) is 28.7 Å². The van der Waals surface area contributed by atoms with E-state index in [9.17, 15) is 9.59 Å². The molecule has 0 atom stereocenters. The quantitative estimate of drug-likeness (QED) is 0.708. The number of hydrogen-bond donors (Lipinski definition) is 2. The van der Waals surface area contributed by atoms with Gasteiger partial charge in [0.1, 0.15) is 11.3 Å². The number of carbonyl (C=O) groups excluding carboxylic acids is 1. The van der Waals surface area contributed by atoms with Crippen molar-refractivity contribution in [2.75, 3.05) is 11.9 Å². The van der Waals surface area contributed by atoms with Gasteiger partial charge in [0.25, 0.3) is 5.91 Å². The molecule has 1 heterocycles. The zero-order valence-electron chi connectivity index (χ0n) is 14.5. The molecule has 0 saturated heterocycles. The maximum atomic E-state index is 12.5. The molecule has 1 amide bonds. The van der Waals surface area contributed by atoms with Crippen LogP contribution in [0, 0.1) is 6.92 Å². The first-order chi connectivity index (χ1) is 11.9. The number of ether oxygens (including phenoxy) is 1. The number of nitrogens with zero attached hydrogens (tertiary/aromatic N) is 1. The Bertz CT molecular complexity index is 734. The van der Waals surface area contributed by atoms with Crippen LogP contribution < -0.4 is 10.1 Å². The van der Waals surface area contributed by atoms with Crippen LogP contribution in [0.25, 0.3) is 0 Å². The van der Waals surface area contributed by atoms with E-state index in [0.29, 0.717) is 41.5 Å². The van der Waals surface area contributed by atoms with Gasteiger partial charge < -0.3 is 19.7 Å². The molecule has 1 aromatic carbocycles. The van der Waals surface area contributed by atoms with E-state index in [2.05, 4.69) is 10.5 Å². The topological polar surface area (TPSA) is 102 Å². The highest BCUT2D eigenvalue weighted by Crippen LogP contribution is 2.24. The van der Waals surface area contributed by atoms with E-state index >= 15 is 0 Å². The van der Waals surface area contributed by atoms with Gasteiger partial charge in [-0.2, -0.15) is 0 Å². The first-order valence-electron chi connectivity index (χ1n) is 8.10. The molecule has 1 aromatic heterocycles. The zero-order chi connectivity index (χ0) is 18.4. The molecule has 0 bridgehead atoms. The molecule has 0 saturated carbocycles. The SMILES string of the molecule is Cc1noc(C(C)C)c1C(=O)Nc1ccc(OCCCC(=O)O)cc1. The number of carboxylic acid groups (broad SMARTS) is 1. The molecule has 0 unspecified atom stereocenters. The molecule has 7 nitrogen and oxygen atoms in total. The second-order valence-electron chi connectivity index (χ2n) is 5.99. The van der Waals surface area contributed by atoms with Crippen molar-refractivity contribution in [2.24, 2.45) is 0 Å². The lowest BCUT2D eigenvalue weighted by molar-refractivity contribution is -0.137. The summed E-state index contributed by atoms with van der Waals surface area (Å²) in [6.07, 6.45) is 0.517. The van der Waals surface area contributed by atoms with E-state index < -0.39 is 5.97 Å². The lowest BCUT2D eigenvalue weighted by Crippen LogP contribution is -2.14. The number of carboxylic acids is 1. The number of aromatic nitrogens is 1. The summed E-state index contributed by atoms with van der Waals surface area (Å²) in [6.45, 7) is 5.94. The van der Waals surface area contributed by atoms with Gasteiger partial charge in [-0.25, -0.2) is 0 Å². The minimum atomic E-state index is -0.841. The van der Waals surface area contributed by atoms with E-state index in [1.54, 1.807) is 31.2 Å². The van der Waals surface area contributed by atoms with Crippen LogP contribution in [0.15, 0.2) is 28.8 Å². The van der Waals surface area contributed by atoms with Crippen molar-refractivity contribution < 1.29 is 24.0 Å². The number of hydrogen-bond acceptors (Lipinski definition) is 5. The van der Waals surface area contributed by atoms with Crippen LogP contribution in [0.1, 0.15) is 54.4 Å². The van der Waals surface area contributed by atoms with Crippen LogP contribution >= 0.6 is 0 Å². The van der Waals surface area contributed by atoms with E-state index in [0.717, 1.165) is 0 Å². The highest BCUT2D eigenvalue weighted by atomic mass is 16.5. The minimum absolute atomic E-state index is 0.0588. The largest absolute Gasteiger partial charge is 0.494 e. The van der Waals surface area contributed by atoms with E-state index in [1.807, 2.05) is 13.8 Å². The van der Waals surface area contributed by atoms with Crippen LogP contribution in [0.4, 0.5) is 5.69 Å². The van der Waals surface area contributed by atoms with Gasteiger partial charge >= 0.3 is 5.97 Å². The Kier molecular flexibility index (Phi) is 6.16. The minimum Gasteiger partial charge on any atom is -0.494 e. The number of rotatable bonds is 8. The third-order valence-electron chi connectivity index (χ3n) is 3.56. The predicted molar refractivity (Wildman–Crippen MR) is 92.1 cm³/mol. The van der Waals surface area contributed by atoms with Crippen molar-refractivity contribution in [1.82, 2.24) is 5.16 Å². The van der Waals surface area contributed by atoms with Gasteiger partial charge in [0, 0.05) is 18.0 Å². The van der Waals surface area contributed by atoms with Crippen molar-refractivity contribution >= 4 is 17.6 Å². The van der Waals surface area contributed by atoms with Gasteiger partial charge in [0.05, 0.1) is 12.3 Å². The average Bonchev–Trinajstić information content (AvgIpc) is 2.95. The van der Waals surface area contributed by atoms with Crippen LogP contribution in [-0.2, 0) is 4.79 Å². The molecule has 25 heavy (non-hydrogen) atoms. The maximum absolute atomic E-state index is 12.5. The number of anilines is 1. The molecule has 2 N–H and O–H groups in total. The summed E-state index contributed by atoms with van der Waals surface area (Å²) >= 11 is 0. The number of aliphatic carboxylic acids is 1. The number of aryl methyl sites for hydroxylation is 1. The summed E-state index contributed by atoms with van der Waals surface area (Å²) < 4.78 is 10.7. The summed E-state index contributed by atoms with van der Waals surface area (Å²) in [4.78, 5) is 22.9. The Labute approximate surface area is 146 Å². The summed E-state index contributed by atoms with van der Waals surface area (Å²) in [5.74, 6) is 0.133. The van der Waals surface area contributed by atoms with Crippen molar-refractivity contribution in [3.63, 3.8) is 0 Å². The number of amides is 1. The normalized spacial score (nSPS) is 10.7. The molecular formula is C18H22N2O5. The first kappa shape index (κ1) is 18.5. The van der Waals surface area contributed by atoms with Crippen LogP contribution in [0.3, 0.4) is 0 Å². The van der Waals surface area contributed by atoms with Gasteiger partial charge in [-0.1, -0.05) is 19.0 Å². The van der Waals surface area contributed by atoms with E-state index in [1.165, 1.54) is 0 Å². The first-order valence-corrected chi connectivity index (χ1v) is 8.10. The summed E-state index contributed by atoms with van der Waals surface area (Å²) in [6, 6.07) is 6.89. The van der Waals surface area contributed by atoms with Crippen LogP contribution in [0.5, 0.6) is 5.75 Å². The predicted octanol–water partition coefficient (Wildman–Crippen LogP) is 3.60. The maximum Gasteiger partial charge on any atom is 0.303 e. The van der Waals surface area contributed by atoms with Gasteiger partial charge in [0.15, 0.2) is 5.76 Å². The highest BCUT2D eigenvalue weighted by molar-refractivity contribution is 6.05. The van der Waals surface area contributed by atoms with Gasteiger partial charge in [-0.3, -0.25) is 9.59 Å². The van der Waals surface area contributed by atoms with Gasteiger partial charge in [-0.15, -0.1) is 0 Å². The van der Waals surface area contributed by atoms with Gasteiger partial charge in [-0.05, 0) is 37.6 Å². The Morgan fingerprint density at radius 3 is 2.56 bits per heavy atom. The zero-order valence-corrected chi connectivity index (χ0v) is 14.5. The van der Waals surface area contributed by atoms with Gasteiger partial charge in [0.2, 0.25) is 0 Å². The van der Waals surface area contributed by atoms with E-state index in [-0.39, 0.29) is 18.2 Å². The van der Waals surface area contributed by atoms with Crippen LogP contribution in [0.2, 0.25) is 0 Å². The molecule has 0 aliphatic rings. The molecule has 0 fully saturated rings. The molecule has 7 heteroatoms. The number of nitrogens with one attached hydrogen (secondary N) is 1. The Morgan fingerprint density at radius 2 is 1.96 bits per heavy atom. The second kappa shape index (κ2) is 8.32. The van der Waals surface area contributed by atoms with Crippen molar-refractivity contribution in [2.45, 2.75) is 39.5 Å². The summed E-state index contributed by atoms with van der Waals surface area (Å²) in [7, 11) is 0.